The highest BCUT2D eigenvalue weighted by Gasteiger charge is 2.15. The first-order valence-corrected chi connectivity index (χ1v) is 7.05. The Morgan fingerprint density at radius 1 is 1.10 bits per heavy atom. The summed E-state index contributed by atoms with van der Waals surface area (Å²) in [6, 6.07) is 11.3. The first-order valence-electron chi connectivity index (χ1n) is 7.05. The summed E-state index contributed by atoms with van der Waals surface area (Å²) in [5, 5.41) is 3.17. The molecule has 0 amide bonds. The van der Waals surface area contributed by atoms with Gasteiger partial charge in [-0.15, -0.1) is 0 Å². The second-order valence-electron chi connectivity index (χ2n) is 4.85. The van der Waals surface area contributed by atoms with E-state index in [4.69, 9.17) is 4.74 Å². The Hall–Kier alpha value is -2.10. The summed E-state index contributed by atoms with van der Waals surface area (Å²) in [6.07, 6.45) is 0.905. The van der Waals surface area contributed by atoms with E-state index in [0.717, 1.165) is 18.2 Å². The molecule has 2 nitrogen and oxygen atoms in total. The lowest BCUT2D eigenvalue weighted by Crippen LogP contribution is -2.11. The van der Waals surface area contributed by atoms with E-state index in [9.17, 15) is 8.78 Å². The maximum absolute atomic E-state index is 13.8. The van der Waals surface area contributed by atoms with Crippen LogP contribution >= 0.6 is 0 Å². The van der Waals surface area contributed by atoms with Gasteiger partial charge in [-0.1, -0.05) is 31.2 Å². The highest BCUT2D eigenvalue weighted by atomic mass is 19.2. The van der Waals surface area contributed by atoms with Crippen LogP contribution in [-0.4, -0.2) is 6.61 Å². The van der Waals surface area contributed by atoms with Gasteiger partial charge in [-0.2, -0.15) is 0 Å². The number of ether oxygens (including phenoxy) is 1. The molecule has 1 atom stereocenters. The van der Waals surface area contributed by atoms with Gasteiger partial charge < -0.3 is 10.1 Å². The molecule has 0 saturated heterocycles. The molecule has 2 aromatic carbocycles. The van der Waals surface area contributed by atoms with Crippen LogP contribution < -0.4 is 10.1 Å². The van der Waals surface area contributed by atoms with Gasteiger partial charge in [0.2, 0.25) is 0 Å². The van der Waals surface area contributed by atoms with Gasteiger partial charge in [-0.25, -0.2) is 8.78 Å². The lowest BCUT2D eigenvalue weighted by Gasteiger charge is -2.19. The minimum absolute atomic E-state index is 0.292. The van der Waals surface area contributed by atoms with Gasteiger partial charge >= 0.3 is 0 Å². The van der Waals surface area contributed by atoms with Crippen molar-refractivity contribution in [2.45, 2.75) is 26.3 Å². The number of hydrogen-bond donors (Lipinski definition) is 1. The van der Waals surface area contributed by atoms with Crippen molar-refractivity contribution in [1.82, 2.24) is 0 Å². The molecule has 2 aromatic rings. The third-order valence-electron chi connectivity index (χ3n) is 3.17. The van der Waals surface area contributed by atoms with Crippen molar-refractivity contribution < 1.29 is 13.5 Å². The Morgan fingerprint density at radius 2 is 1.86 bits per heavy atom. The second kappa shape index (κ2) is 7.07. The van der Waals surface area contributed by atoms with Crippen LogP contribution in [0.3, 0.4) is 0 Å². The van der Waals surface area contributed by atoms with Gasteiger partial charge in [-0.05, 0) is 31.5 Å². The van der Waals surface area contributed by atoms with Crippen LogP contribution in [0, 0.1) is 11.6 Å². The first kappa shape index (κ1) is 15.3. The van der Waals surface area contributed by atoms with E-state index in [1.54, 1.807) is 13.0 Å². The van der Waals surface area contributed by atoms with Crippen molar-refractivity contribution in [2.75, 3.05) is 11.9 Å². The van der Waals surface area contributed by atoms with Gasteiger partial charge in [0, 0.05) is 5.56 Å². The minimum atomic E-state index is -0.836. The molecule has 0 aliphatic rings. The maximum atomic E-state index is 13.8. The molecule has 2 rings (SSSR count). The Labute approximate surface area is 123 Å². The quantitative estimate of drug-likeness (QED) is 0.815. The van der Waals surface area contributed by atoms with Crippen LogP contribution in [0.2, 0.25) is 0 Å². The zero-order valence-electron chi connectivity index (χ0n) is 12.2. The normalized spacial score (nSPS) is 12.0. The summed E-state index contributed by atoms with van der Waals surface area (Å²) in [4.78, 5) is 0. The molecule has 0 bridgehead atoms. The van der Waals surface area contributed by atoms with Crippen molar-refractivity contribution in [2.24, 2.45) is 0 Å². The summed E-state index contributed by atoms with van der Waals surface area (Å²) in [7, 11) is 0. The van der Waals surface area contributed by atoms with E-state index < -0.39 is 11.6 Å². The molecule has 112 valence electrons. The van der Waals surface area contributed by atoms with Gasteiger partial charge in [-0.3, -0.25) is 0 Å². The summed E-state index contributed by atoms with van der Waals surface area (Å²) >= 11 is 0. The van der Waals surface area contributed by atoms with Crippen molar-refractivity contribution in [3.63, 3.8) is 0 Å². The monoisotopic (exact) mass is 291 g/mol. The van der Waals surface area contributed by atoms with E-state index >= 15 is 0 Å². The number of rotatable bonds is 6. The zero-order valence-corrected chi connectivity index (χ0v) is 12.2. The Kier molecular flexibility index (Phi) is 5.14. The predicted molar refractivity (Wildman–Crippen MR) is 80.6 cm³/mol. The fraction of sp³-hybridized carbons (Fsp3) is 0.294. The van der Waals surface area contributed by atoms with Gasteiger partial charge in [0.05, 0.1) is 18.3 Å². The average molecular weight is 291 g/mol. The SMILES string of the molecule is CCCOc1ccccc1NC(C)c1cccc(F)c1F. The molecule has 21 heavy (non-hydrogen) atoms. The highest BCUT2D eigenvalue weighted by molar-refractivity contribution is 5.57. The number of anilines is 1. The molecule has 1 N–H and O–H groups in total. The number of para-hydroxylation sites is 2. The minimum Gasteiger partial charge on any atom is -0.491 e. The van der Waals surface area contributed by atoms with E-state index in [-0.39, 0.29) is 6.04 Å². The summed E-state index contributed by atoms with van der Waals surface area (Å²) in [5.74, 6) is -0.941. The van der Waals surface area contributed by atoms with Crippen molar-refractivity contribution >= 4 is 5.69 Å². The number of nitrogens with one attached hydrogen (secondary N) is 1. The molecule has 0 spiro atoms. The van der Waals surface area contributed by atoms with E-state index in [0.29, 0.717) is 17.9 Å². The van der Waals surface area contributed by atoms with E-state index in [1.807, 2.05) is 31.2 Å². The smallest absolute Gasteiger partial charge is 0.164 e. The number of halogens is 2. The second-order valence-corrected chi connectivity index (χ2v) is 4.85. The average Bonchev–Trinajstić information content (AvgIpc) is 2.49. The maximum Gasteiger partial charge on any atom is 0.164 e. The number of benzene rings is 2. The topological polar surface area (TPSA) is 21.3 Å². The molecular formula is C17H19F2NO. The summed E-state index contributed by atoms with van der Waals surface area (Å²) < 4.78 is 32.8. The lowest BCUT2D eigenvalue weighted by molar-refractivity contribution is 0.318. The Morgan fingerprint density at radius 3 is 2.62 bits per heavy atom. The third-order valence-corrected chi connectivity index (χ3v) is 3.17. The summed E-state index contributed by atoms with van der Waals surface area (Å²) in [5.41, 5.74) is 1.06. The van der Waals surface area contributed by atoms with Gasteiger partial charge in [0.15, 0.2) is 11.6 Å². The predicted octanol–water partition coefficient (Wildman–Crippen LogP) is 4.93. The molecule has 4 heteroatoms. The standard InChI is InChI=1S/C17H19F2NO/c1-3-11-21-16-10-5-4-9-15(16)20-12(2)13-7-6-8-14(18)17(13)19/h4-10,12,20H,3,11H2,1-2H3. The van der Waals surface area contributed by atoms with Crippen molar-refractivity contribution in [3.8, 4) is 5.75 Å². The van der Waals surface area contributed by atoms with Crippen LogP contribution in [-0.2, 0) is 0 Å². The lowest BCUT2D eigenvalue weighted by atomic mass is 10.1. The Balaban J connectivity index is 2.19. The van der Waals surface area contributed by atoms with Crippen molar-refractivity contribution in [3.05, 3.63) is 59.7 Å². The molecule has 0 heterocycles. The molecule has 0 aliphatic heterocycles. The highest BCUT2D eigenvalue weighted by Crippen LogP contribution is 2.29. The van der Waals surface area contributed by atoms with Crippen molar-refractivity contribution in [1.29, 1.82) is 0 Å². The summed E-state index contributed by atoms with van der Waals surface area (Å²) in [6.45, 7) is 4.43. The first-order chi connectivity index (χ1) is 10.1. The van der Waals surface area contributed by atoms with Crippen LogP contribution in [0.25, 0.3) is 0 Å². The van der Waals surface area contributed by atoms with Crippen LogP contribution in [0.4, 0.5) is 14.5 Å². The molecule has 0 aliphatic carbocycles. The fourth-order valence-electron chi connectivity index (χ4n) is 2.09. The zero-order chi connectivity index (χ0) is 15.2. The van der Waals surface area contributed by atoms with Crippen LogP contribution in [0.15, 0.2) is 42.5 Å². The third kappa shape index (κ3) is 3.72. The van der Waals surface area contributed by atoms with Gasteiger partial charge in [0.1, 0.15) is 5.75 Å². The number of hydrogen-bond acceptors (Lipinski definition) is 2. The van der Waals surface area contributed by atoms with Gasteiger partial charge in [0.25, 0.3) is 0 Å². The molecule has 0 aromatic heterocycles. The largest absolute Gasteiger partial charge is 0.491 e. The molecule has 0 fully saturated rings. The molecular weight excluding hydrogens is 272 g/mol. The fourth-order valence-corrected chi connectivity index (χ4v) is 2.09. The Bertz CT molecular complexity index is 601. The molecule has 0 radical (unpaired) electrons. The molecule has 0 saturated carbocycles. The molecule has 1 unspecified atom stereocenters. The van der Waals surface area contributed by atoms with Crippen LogP contribution in [0.1, 0.15) is 31.9 Å². The van der Waals surface area contributed by atoms with E-state index in [1.165, 1.54) is 6.07 Å². The van der Waals surface area contributed by atoms with Crippen LogP contribution in [0.5, 0.6) is 5.75 Å². The van der Waals surface area contributed by atoms with E-state index in [2.05, 4.69) is 5.32 Å².